The van der Waals surface area contributed by atoms with E-state index in [0.717, 1.165) is 40.6 Å². The fraction of sp³-hybridized carbons (Fsp3) is 0.238. The molecule has 5 nitrogen and oxygen atoms in total. The molecule has 26 heavy (non-hydrogen) atoms. The second-order valence-corrected chi connectivity index (χ2v) is 6.47. The first-order valence-electron chi connectivity index (χ1n) is 8.83. The molecule has 1 N–H and O–H groups in total. The third-order valence-electron chi connectivity index (χ3n) is 4.73. The van der Waals surface area contributed by atoms with Crippen molar-refractivity contribution in [3.8, 4) is 16.9 Å². The lowest BCUT2D eigenvalue weighted by Gasteiger charge is -2.17. The van der Waals surface area contributed by atoms with Crippen LogP contribution in [-0.2, 0) is 4.79 Å². The van der Waals surface area contributed by atoms with E-state index >= 15 is 0 Å². The van der Waals surface area contributed by atoms with Crippen LogP contribution in [0.25, 0.3) is 21.9 Å². The normalized spacial score (nSPS) is 14.2. The number of ether oxygens (including phenoxy) is 1. The summed E-state index contributed by atoms with van der Waals surface area (Å²) in [4.78, 5) is 27.6. The van der Waals surface area contributed by atoms with Crippen molar-refractivity contribution in [3.63, 3.8) is 0 Å². The zero-order chi connectivity index (χ0) is 17.9. The van der Waals surface area contributed by atoms with E-state index in [0.29, 0.717) is 19.6 Å². The fourth-order valence-electron chi connectivity index (χ4n) is 3.40. The Labute approximate surface area is 151 Å². The molecule has 0 unspecified atom stereocenters. The van der Waals surface area contributed by atoms with E-state index in [2.05, 4.69) is 11.1 Å². The summed E-state index contributed by atoms with van der Waals surface area (Å²) < 4.78 is 5.94. The number of likely N-dealkylation sites (tertiary alicyclic amines) is 1. The van der Waals surface area contributed by atoms with Crippen LogP contribution in [0.5, 0.6) is 5.75 Å². The van der Waals surface area contributed by atoms with Crippen LogP contribution in [0.1, 0.15) is 12.8 Å². The summed E-state index contributed by atoms with van der Waals surface area (Å²) in [6.45, 7) is 1.90. The highest BCUT2D eigenvalue weighted by atomic mass is 16.5. The average molecular weight is 348 g/mol. The van der Waals surface area contributed by atoms with Gasteiger partial charge in [-0.25, -0.2) is 0 Å². The number of aromatic amines is 1. The molecule has 132 valence electrons. The molecule has 1 aromatic heterocycles. The molecule has 0 radical (unpaired) electrons. The van der Waals surface area contributed by atoms with Crippen LogP contribution in [0.3, 0.4) is 0 Å². The number of amides is 1. The maximum Gasteiger partial charge on any atom is 0.247 e. The van der Waals surface area contributed by atoms with Gasteiger partial charge in [0.05, 0.1) is 6.54 Å². The van der Waals surface area contributed by atoms with Gasteiger partial charge in [0.2, 0.25) is 11.5 Å². The number of fused-ring (bicyclic) bond motifs is 1. The van der Waals surface area contributed by atoms with Gasteiger partial charge in [-0.2, -0.15) is 0 Å². The SMILES string of the molecule is O=C1CCCN1CCOc1cc(-c2ccc(=O)[nH]c2)c2ccccc2c1. The third-order valence-corrected chi connectivity index (χ3v) is 4.73. The predicted molar refractivity (Wildman–Crippen MR) is 101 cm³/mol. The van der Waals surface area contributed by atoms with Gasteiger partial charge in [-0.05, 0) is 46.5 Å². The second-order valence-electron chi connectivity index (χ2n) is 6.47. The first-order valence-corrected chi connectivity index (χ1v) is 8.83. The highest BCUT2D eigenvalue weighted by Crippen LogP contribution is 2.32. The highest BCUT2D eigenvalue weighted by molar-refractivity contribution is 5.97. The summed E-state index contributed by atoms with van der Waals surface area (Å²) in [6.07, 6.45) is 3.30. The van der Waals surface area contributed by atoms with Gasteiger partial charge in [0, 0.05) is 25.2 Å². The Morgan fingerprint density at radius 1 is 1.08 bits per heavy atom. The summed E-state index contributed by atoms with van der Waals surface area (Å²) in [5.41, 5.74) is 1.81. The smallest absolute Gasteiger partial charge is 0.247 e. The Kier molecular flexibility index (Phi) is 4.44. The molecule has 3 aromatic rings. The number of nitrogens with one attached hydrogen (secondary N) is 1. The van der Waals surface area contributed by atoms with Gasteiger partial charge in [-0.1, -0.05) is 24.3 Å². The van der Waals surface area contributed by atoms with Crippen molar-refractivity contribution in [2.24, 2.45) is 0 Å². The van der Waals surface area contributed by atoms with Gasteiger partial charge in [0.25, 0.3) is 0 Å². The van der Waals surface area contributed by atoms with Gasteiger partial charge in [-0.3, -0.25) is 9.59 Å². The van der Waals surface area contributed by atoms with Gasteiger partial charge < -0.3 is 14.6 Å². The number of carbonyl (C=O) groups excluding carboxylic acids is 1. The van der Waals surface area contributed by atoms with Crippen LogP contribution in [0, 0.1) is 0 Å². The molecule has 1 saturated heterocycles. The van der Waals surface area contributed by atoms with Crippen molar-refractivity contribution in [1.29, 1.82) is 0 Å². The molecule has 0 bridgehead atoms. The molecule has 1 amide bonds. The van der Waals surface area contributed by atoms with Crippen molar-refractivity contribution in [2.45, 2.75) is 12.8 Å². The Morgan fingerprint density at radius 3 is 2.73 bits per heavy atom. The number of aromatic nitrogens is 1. The lowest BCUT2D eigenvalue weighted by molar-refractivity contribution is -0.128. The van der Waals surface area contributed by atoms with Crippen molar-refractivity contribution in [1.82, 2.24) is 9.88 Å². The van der Waals surface area contributed by atoms with Gasteiger partial charge in [0.15, 0.2) is 0 Å². The predicted octanol–water partition coefficient (Wildman–Crippen LogP) is 3.20. The van der Waals surface area contributed by atoms with Crippen molar-refractivity contribution in [3.05, 3.63) is 65.1 Å². The summed E-state index contributed by atoms with van der Waals surface area (Å²) >= 11 is 0. The summed E-state index contributed by atoms with van der Waals surface area (Å²) in [5, 5.41) is 2.17. The molecular formula is C21H20N2O3. The van der Waals surface area contributed by atoms with E-state index in [1.54, 1.807) is 6.20 Å². The summed E-state index contributed by atoms with van der Waals surface area (Å²) in [7, 11) is 0. The van der Waals surface area contributed by atoms with E-state index in [1.807, 2.05) is 41.3 Å². The third kappa shape index (κ3) is 3.33. The molecule has 2 aromatic carbocycles. The van der Waals surface area contributed by atoms with Gasteiger partial charge in [0.1, 0.15) is 12.4 Å². The maximum absolute atomic E-state index is 11.7. The second kappa shape index (κ2) is 7.04. The molecule has 4 rings (SSSR count). The number of benzene rings is 2. The molecule has 2 heterocycles. The first kappa shape index (κ1) is 16.4. The number of pyridine rings is 1. The quantitative estimate of drug-likeness (QED) is 0.770. The summed E-state index contributed by atoms with van der Waals surface area (Å²) in [6, 6.07) is 15.4. The van der Waals surface area contributed by atoms with Crippen LogP contribution < -0.4 is 10.3 Å². The topological polar surface area (TPSA) is 62.4 Å². The van der Waals surface area contributed by atoms with E-state index < -0.39 is 0 Å². The largest absolute Gasteiger partial charge is 0.492 e. The van der Waals surface area contributed by atoms with Gasteiger partial charge >= 0.3 is 0 Å². The number of hydrogen-bond acceptors (Lipinski definition) is 3. The molecule has 0 saturated carbocycles. The van der Waals surface area contributed by atoms with Crippen molar-refractivity contribution >= 4 is 16.7 Å². The molecule has 1 aliphatic heterocycles. The lowest BCUT2D eigenvalue weighted by Crippen LogP contribution is -2.29. The van der Waals surface area contributed by atoms with Crippen LogP contribution in [0.15, 0.2) is 59.5 Å². The first-order chi connectivity index (χ1) is 12.7. The van der Waals surface area contributed by atoms with Crippen molar-refractivity contribution in [2.75, 3.05) is 19.7 Å². The molecule has 0 spiro atoms. The van der Waals surface area contributed by atoms with Crippen LogP contribution in [-0.4, -0.2) is 35.5 Å². The average Bonchev–Trinajstić information content (AvgIpc) is 3.07. The number of carbonyl (C=O) groups is 1. The van der Waals surface area contributed by atoms with E-state index in [9.17, 15) is 9.59 Å². The van der Waals surface area contributed by atoms with Crippen LogP contribution >= 0.6 is 0 Å². The van der Waals surface area contributed by atoms with Gasteiger partial charge in [-0.15, -0.1) is 0 Å². The lowest BCUT2D eigenvalue weighted by atomic mass is 9.99. The molecule has 5 heteroatoms. The van der Waals surface area contributed by atoms with Crippen LogP contribution in [0.2, 0.25) is 0 Å². The highest BCUT2D eigenvalue weighted by Gasteiger charge is 2.19. The Hall–Kier alpha value is -3.08. The van der Waals surface area contributed by atoms with E-state index in [4.69, 9.17) is 4.74 Å². The number of rotatable bonds is 5. The number of H-pyrrole nitrogens is 1. The molecule has 1 aliphatic rings. The minimum Gasteiger partial charge on any atom is -0.492 e. The molecule has 0 atom stereocenters. The minimum absolute atomic E-state index is 0.124. The summed E-state index contributed by atoms with van der Waals surface area (Å²) in [5.74, 6) is 0.970. The zero-order valence-electron chi connectivity index (χ0n) is 14.4. The molecular weight excluding hydrogens is 328 g/mol. The molecule has 0 aliphatic carbocycles. The fourth-order valence-corrected chi connectivity index (χ4v) is 3.40. The standard InChI is InChI=1S/C21H20N2O3/c24-20-8-7-16(14-22-20)19-13-17(12-15-4-1-2-5-18(15)19)26-11-10-23-9-3-6-21(23)25/h1-2,4-5,7-8,12-14H,3,6,9-11H2,(H,22,24). The van der Waals surface area contributed by atoms with Crippen molar-refractivity contribution < 1.29 is 9.53 Å². The Balaban J connectivity index is 1.62. The minimum atomic E-state index is -0.124. The zero-order valence-corrected chi connectivity index (χ0v) is 14.4. The number of nitrogens with zero attached hydrogens (tertiary/aromatic N) is 1. The number of hydrogen-bond donors (Lipinski definition) is 1. The Bertz CT molecular complexity index is 989. The maximum atomic E-state index is 11.7. The molecule has 1 fully saturated rings. The Morgan fingerprint density at radius 2 is 1.96 bits per heavy atom. The monoisotopic (exact) mass is 348 g/mol. The van der Waals surface area contributed by atoms with E-state index in [-0.39, 0.29) is 11.5 Å². The van der Waals surface area contributed by atoms with E-state index in [1.165, 1.54) is 6.07 Å². The van der Waals surface area contributed by atoms with Crippen LogP contribution in [0.4, 0.5) is 0 Å².